The van der Waals surface area contributed by atoms with Gasteiger partial charge in [-0.1, -0.05) is 24.3 Å². The number of piperidine rings is 1. The Balaban J connectivity index is 1.37. The van der Waals surface area contributed by atoms with Gasteiger partial charge in [-0.05, 0) is 86.3 Å². The fourth-order valence-electron chi connectivity index (χ4n) is 6.56. The number of benzene rings is 3. The number of aromatic nitrogens is 1. The van der Waals surface area contributed by atoms with E-state index in [2.05, 4.69) is 10.2 Å². The number of carbonyl (C=O) groups excluding carboxylic acids is 2. The van der Waals surface area contributed by atoms with Crippen LogP contribution in [0.1, 0.15) is 56.8 Å². The summed E-state index contributed by atoms with van der Waals surface area (Å²) in [7, 11) is 0. The van der Waals surface area contributed by atoms with Gasteiger partial charge < -0.3 is 19.7 Å². The quantitative estimate of drug-likeness (QED) is 0.262. The number of pyridine rings is 1. The van der Waals surface area contributed by atoms with Crippen LogP contribution in [-0.2, 0) is 12.7 Å². The molecule has 0 aliphatic carbocycles. The van der Waals surface area contributed by atoms with Crippen LogP contribution < -0.4 is 20.7 Å². The smallest absolute Gasteiger partial charge is 0.369 e. The third-order valence-corrected chi connectivity index (χ3v) is 8.64. The van der Waals surface area contributed by atoms with Crippen LogP contribution in [-0.4, -0.2) is 36.0 Å². The number of carbonyl (C=O) groups is 2. The topological polar surface area (TPSA) is 74.7 Å². The molecule has 2 aliphatic heterocycles. The van der Waals surface area contributed by atoms with Crippen molar-refractivity contribution < 1.29 is 22.8 Å². The summed E-state index contributed by atoms with van der Waals surface area (Å²) in [4.78, 5) is 43.5. The molecule has 10 heteroatoms. The van der Waals surface area contributed by atoms with Crippen molar-refractivity contribution in [1.82, 2.24) is 4.57 Å². The highest BCUT2D eigenvalue weighted by Crippen LogP contribution is 2.40. The van der Waals surface area contributed by atoms with Crippen LogP contribution in [0.5, 0.6) is 0 Å². The lowest BCUT2D eigenvalue weighted by Gasteiger charge is -2.44. The lowest BCUT2D eigenvalue weighted by molar-refractivity contribution is -0.137. The van der Waals surface area contributed by atoms with Crippen LogP contribution in [0.3, 0.4) is 0 Å². The molecule has 2 amide bonds. The lowest BCUT2D eigenvalue weighted by atomic mass is 9.83. The number of nitrogens with one attached hydrogen (secondary N) is 1. The van der Waals surface area contributed by atoms with E-state index >= 15 is 0 Å². The molecule has 45 heavy (non-hydrogen) atoms. The van der Waals surface area contributed by atoms with E-state index in [9.17, 15) is 27.6 Å². The van der Waals surface area contributed by atoms with Crippen molar-refractivity contribution in [2.24, 2.45) is 5.92 Å². The van der Waals surface area contributed by atoms with Crippen molar-refractivity contribution in [3.05, 3.63) is 123 Å². The van der Waals surface area contributed by atoms with Crippen LogP contribution in [0, 0.1) is 12.8 Å². The molecule has 2 atom stereocenters. The van der Waals surface area contributed by atoms with E-state index < -0.39 is 17.6 Å². The van der Waals surface area contributed by atoms with Crippen molar-refractivity contribution in [1.29, 1.82) is 0 Å². The number of hydrogen-bond acceptors (Lipinski definition) is 4. The molecule has 4 aromatic rings. The maximum atomic E-state index is 13.8. The van der Waals surface area contributed by atoms with Gasteiger partial charge in [0.25, 0.3) is 17.4 Å². The first-order chi connectivity index (χ1) is 21.5. The fraction of sp³-hybridized carbons (Fsp3) is 0.286. The number of hydrogen-bond donors (Lipinski definition) is 1. The molecule has 2 bridgehead atoms. The molecule has 0 unspecified atom stereocenters. The average molecular weight is 615 g/mol. The zero-order valence-electron chi connectivity index (χ0n) is 25.0. The molecule has 232 valence electrons. The number of halogens is 3. The molecule has 7 nitrogen and oxygen atoms in total. The predicted octanol–water partition coefficient (Wildman–Crippen LogP) is 6.72. The number of anilines is 3. The summed E-state index contributed by atoms with van der Waals surface area (Å²) < 4.78 is 42.1. The minimum atomic E-state index is -4.60. The van der Waals surface area contributed by atoms with E-state index in [0.29, 0.717) is 43.1 Å². The largest absolute Gasteiger partial charge is 0.416 e. The van der Waals surface area contributed by atoms with Gasteiger partial charge in [0.1, 0.15) is 0 Å². The molecule has 6 rings (SSSR count). The maximum Gasteiger partial charge on any atom is 0.416 e. The Morgan fingerprint density at radius 2 is 1.69 bits per heavy atom. The van der Waals surface area contributed by atoms with Gasteiger partial charge in [0.2, 0.25) is 0 Å². The van der Waals surface area contributed by atoms with E-state index in [4.69, 9.17) is 0 Å². The van der Waals surface area contributed by atoms with Gasteiger partial charge in [-0.2, -0.15) is 13.2 Å². The van der Waals surface area contributed by atoms with Gasteiger partial charge in [-0.15, -0.1) is 0 Å². The molecule has 0 saturated carbocycles. The van der Waals surface area contributed by atoms with Gasteiger partial charge in [-0.3, -0.25) is 14.4 Å². The molecular weight excluding hydrogens is 581 g/mol. The second kappa shape index (κ2) is 11.9. The highest BCUT2D eigenvalue weighted by atomic mass is 19.4. The molecule has 1 fully saturated rings. The summed E-state index contributed by atoms with van der Waals surface area (Å²) in [6.45, 7) is 5.99. The molecule has 1 saturated heterocycles. The summed E-state index contributed by atoms with van der Waals surface area (Å²) in [5.74, 6) is -0.724. The van der Waals surface area contributed by atoms with Gasteiger partial charge in [0.15, 0.2) is 0 Å². The lowest BCUT2D eigenvalue weighted by Crippen LogP contribution is -2.47. The zero-order chi connectivity index (χ0) is 31.9. The summed E-state index contributed by atoms with van der Waals surface area (Å²) in [6.07, 6.45) is -3.68. The van der Waals surface area contributed by atoms with Crippen molar-refractivity contribution in [2.75, 3.05) is 34.8 Å². The minimum Gasteiger partial charge on any atom is -0.369 e. The van der Waals surface area contributed by atoms with Crippen LogP contribution in [0.15, 0.2) is 89.7 Å². The number of nitrogens with zero attached hydrogens (tertiary/aromatic N) is 3. The van der Waals surface area contributed by atoms with Crippen molar-refractivity contribution in [3.63, 3.8) is 0 Å². The van der Waals surface area contributed by atoms with Crippen LogP contribution in [0.4, 0.5) is 30.2 Å². The Bertz CT molecular complexity index is 1830. The summed E-state index contributed by atoms with van der Waals surface area (Å²) in [5, 5.41) is 2.82. The van der Waals surface area contributed by atoms with Crippen LogP contribution in [0.2, 0.25) is 0 Å². The molecule has 3 heterocycles. The summed E-state index contributed by atoms with van der Waals surface area (Å²) in [6, 6.07) is 22.3. The Kier molecular flexibility index (Phi) is 7.99. The third kappa shape index (κ3) is 6.09. The van der Waals surface area contributed by atoms with Crippen LogP contribution in [0.25, 0.3) is 0 Å². The number of rotatable bonds is 6. The second-order valence-electron chi connectivity index (χ2n) is 11.8. The normalized spacial score (nSPS) is 17.4. The number of fused-ring (bicyclic) bond motifs is 4. The number of amides is 2. The van der Waals surface area contributed by atoms with Crippen LogP contribution >= 0.6 is 0 Å². The molecule has 0 radical (unpaired) electrons. The monoisotopic (exact) mass is 614 g/mol. The van der Waals surface area contributed by atoms with E-state index in [1.165, 1.54) is 12.1 Å². The zero-order valence-corrected chi connectivity index (χ0v) is 25.0. The standard InChI is InChI=1S/C35H33F3N4O3/c1-3-41(28-10-4-7-22(2)15-28)34(45)25-13-14-31(29(18-25)39-33(44)24-8-5-9-27(17-24)35(36,37)38)40-19-23-16-26(21-40)30-11-6-12-32(43)42(30)20-23/h4-15,17-18,23,26H,3,16,19-21H2,1-2H3,(H,39,44)/t23-,26+/m1/s1. The first-order valence-electron chi connectivity index (χ1n) is 15.0. The molecular formula is C35H33F3N4O3. The van der Waals surface area contributed by atoms with Crippen molar-refractivity contribution >= 4 is 28.9 Å². The van der Waals surface area contributed by atoms with Gasteiger partial charge >= 0.3 is 6.18 Å². The van der Waals surface area contributed by atoms with Crippen molar-refractivity contribution in [3.8, 4) is 0 Å². The van der Waals surface area contributed by atoms with Gasteiger partial charge in [0, 0.05) is 60.7 Å². The molecule has 3 aromatic carbocycles. The SMILES string of the molecule is CCN(C(=O)c1ccc(N2C[C@H]3C[C@@H](C2)c2cccc(=O)n2C3)c(NC(=O)c2cccc(C(F)(F)F)c2)c1)c1cccc(C)c1. The maximum absolute atomic E-state index is 13.8. The average Bonchev–Trinajstić information content (AvgIpc) is 3.01. The van der Waals surface area contributed by atoms with Gasteiger partial charge in [-0.25, -0.2) is 0 Å². The highest BCUT2D eigenvalue weighted by molar-refractivity contribution is 6.10. The Morgan fingerprint density at radius 1 is 0.911 bits per heavy atom. The minimum absolute atomic E-state index is 0.0263. The fourth-order valence-corrected chi connectivity index (χ4v) is 6.56. The molecule has 1 N–H and O–H groups in total. The second-order valence-corrected chi connectivity index (χ2v) is 11.8. The Hall–Kier alpha value is -4.86. The first-order valence-corrected chi connectivity index (χ1v) is 15.0. The van der Waals surface area contributed by atoms with Crippen molar-refractivity contribution in [2.45, 2.75) is 38.9 Å². The third-order valence-electron chi connectivity index (χ3n) is 8.64. The number of aryl methyl sites for hydroxylation is 1. The molecule has 0 spiro atoms. The predicted molar refractivity (Wildman–Crippen MR) is 168 cm³/mol. The summed E-state index contributed by atoms with van der Waals surface area (Å²) in [5.41, 5.74) is 2.92. The van der Waals surface area contributed by atoms with E-state index in [1.54, 1.807) is 35.2 Å². The number of alkyl halides is 3. The van der Waals surface area contributed by atoms with E-state index in [0.717, 1.165) is 35.5 Å². The Morgan fingerprint density at radius 3 is 2.44 bits per heavy atom. The summed E-state index contributed by atoms with van der Waals surface area (Å²) >= 11 is 0. The van der Waals surface area contributed by atoms with E-state index in [1.807, 2.05) is 48.7 Å². The van der Waals surface area contributed by atoms with E-state index in [-0.39, 0.29) is 28.9 Å². The molecule has 1 aromatic heterocycles. The Labute approximate surface area is 258 Å². The molecule has 2 aliphatic rings. The first kappa shape index (κ1) is 30.2. The highest BCUT2D eigenvalue weighted by Gasteiger charge is 2.36. The van der Waals surface area contributed by atoms with Gasteiger partial charge in [0.05, 0.1) is 16.9 Å².